The van der Waals surface area contributed by atoms with Crippen molar-refractivity contribution < 1.29 is 9.47 Å². The molecule has 1 aromatic heterocycles. The van der Waals surface area contributed by atoms with Gasteiger partial charge in [0, 0.05) is 15.4 Å². The number of aromatic nitrogens is 1. The van der Waals surface area contributed by atoms with Crippen LogP contribution in [-0.4, -0.2) is 4.98 Å². The van der Waals surface area contributed by atoms with Gasteiger partial charge in [0.2, 0.25) is 0 Å². The number of ether oxygens (including phenoxy) is 2. The van der Waals surface area contributed by atoms with Crippen LogP contribution in [0.1, 0.15) is 21.7 Å². The zero-order valence-electron chi connectivity index (χ0n) is 20.4. The Hall–Kier alpha value is -4.18. The number of nitriles is 1. The Morgan fingerprint density at radius 1 is 0.816 bits per heavy atom. The fourth-order valence-corrected chi connectivity index (χ4v) is 5.00. The highest BCUT2D eigenvalue weighted by atomic mass is 79.9. The average molecular weight is 580 g/mol. The highest BCUT2D eigenvalue weighted by Crippen LogP contribution is 2.33. The molecule has 0 spiro atoms. The topological polar surface area (TPSA) is 55.1 Å². The molecule has 0 bridgehead atoms. The number of halogens is 1. The molecule has 4 nitrogen and oxygen atoms in total. The molecule has 1 heterocycles. The van der Waals surface area contributed by atoms with Crippen LogP contribution in [0.4, 0.5) is 0 Å². The summed E-state index contributed by atoms with van der Waals surface area (Å²) in [5, 5.41) is 12.6. The van der Waals surface area contributed by atoms with Crippen molar-refractivity contribution >= 4 is 38.9 Å². The standard InChI is InChI=1S/C32H23BrN2O2S/c33-28-13-7-12-26(18-28)29-22-38-32(35-29)27(19-34)16-25-14-15-30(36-20-23-8-3-1-4-9-23)31(17-25)37-21-24-10-5-2-6-11-24/h1-18,22H,20-21H2. The largest absolute Gasteiger partial charge is 0.485 e. The summed E-state index contributed by atoms with van der Waals surface area (Å²) in [4.78, 5) is 4.72. The fourth-order valence-electron chi connectivity index (χ4n) is 3.80. The quantitative estimate of drug-likeness (QED) is 0.164. The van der Waals surface area contributed by atoms with Crippen LogP contribution in [0.2, 0.25) is 0 Å². The lowest BCUT2D eigenvalue weighted by Gasteiger charge is -2.14. The van der Waals surface area contributed by atoms with E-state index >= 15 is 0 Å². The zero-order chi connectivity index (χ0) is 26.2. The Balaban J connectivity index is 1.41. The summed E-state index contributed by atoms with van der Waals surface area (Å²) in [6.07, 6.45) is 1.83. The van der Waals surface area contributed by atoms with E-state index in [-0.39, 0.29) is 0 Å². The highest BCUT2D eigenvalue weighted by molar-refractivity contribution is 9.10. The Bertz CT molecular complexity index is 1590. The normalized spacial score (nSPS) is 11.1. The third kappa shape index (κ3) is 6.57. The van der Waals surface area contributed by atoms with E-state index in [0.717, 1.165) is 32.4 Å². The van der Waals surface area contributed by atoms with Crippen molar-refractivity contribution in [3.63, 3.8) is 0 Å². The predicted molar refractivity (Wildman–Crippen MR) is 157 cm³/mol. The molecular weight excluding hydrogens is 556 g/mol. The Kier molecular flexibility index (Phi) is 8.29. The van der Waals surface area contributed by atoms with Gasteiger partial charge in [-0.25, -0.2) is 4.98 Å². The smallest absolute Gasteiger partial charge is 0.162 e. The average Bonchev–Trinajstić information content (AvgIpc) is 3.46. The molecule has 0 aliphatic carbocycles. The summed E-state index contributed by atoms with van der Waals surface area (Å²) in [5.41, 5.74) is 5.28. The number of allylic oxidation sites excluding steroid dienone is 1. The number of hydrogen-bond donors (Lipinski definition) is 0. The van der Waals surface area contributed by atoms with Gasteiger partial charge in [-0.1, -0.05) is 94.8 Å². The first-order valence-corrected chi connectivity index (χ1v) is 13.7. The fraction of sp³-hybridized carbons (Fsp3) is 0.0625. The van der Waals surface area contributed by atoms with Crippen molar-refractivity contribution in [2.24, 2.45) is 0 Å². The summed E-state index contributed by atoms with van der Waals surface area (Å²) in [7, 11) is 0. The molecule has 0 saturated carbocycles. The summed E-state index contributed by atoms with van der Waals surface area (Å²) < 4.78 is 13.3. The lowest BCUT2D eigenvalue weighted by molar-refractivity contribution is 0.256. The van der Waals surface area contributed by atoms with Gasteiger partial charge in [-0.3, -0.25) is 0 Å². The number of thiazole rings is 1. The van der Waals surface area contributed by atoms with Crippen LogP contribution in [0.25, 0.3) is 22.9 Å². The minimum atomic E-state index is 0.406. The van der Waals surface area contributed by atoms with Gasteiger partial charge < -0.3 is 9.47 Å². The van der Waals surface area contributed by atoms with E-state index in [9.17, 15) is 5.26 Å². The monoisotopic (exact) mass is 578 g/mol. The van der Waals surface area contributed by atoms with E-state index in [4.69, 9.17) is 14.5 Å². The molecule has 0 saturated heterocycles. The van der Waals surface area contributed by atoms with Gasteiger partial charge in [-0.05, 0) is 47.0 Å². The molecule has 5 aromatic rings. The van der Waals surface area contributed by atoms with Gasteiger partial charge >= 0.3 is 0 Å². The van der Waals surface area contributed by atoms with Crippen LogP contribution in [0.3, 0.4) is 0 Å². The van der Waals surface area contributed by atoms with Crippen molar-refractivity contribution in [3.05, 3.63) is 135 Å². The second-order valence-electron chi connectivity index (χ2n) is 8.47. The summed E-state index contributed by atoms with van der Waals surface area (Å²) in [6, 6.07) is 36.0. The number of rotatable bonds is 9. The Morgan fingerprint density at radius 3 is 2.16 bits per heavy atom. The second kappa shape index (κ2) is 12.4. The lowest BCUT2D eigenvalue weighted by atomic mass is 10.1. The first-order valence-electron chi connectivity index (χ1n) is 12.0. The van der Waals surface area contributed by atoms with Gasteiger partial charge in [0.25, 0.3) is 0 Å². The highest BCUT2D eigenvalue weighted by Gasteiger charge is 2.12. The zero-order valence-corrected chi connectivity index (χ0v) is 22.8. The molecule has 0 fully saturated rings. The molecule has 186 valence electrons. The van der Waals surface area contributed by atoms with Crippen molar-refractivity contribution in [2.45, 2.75) is 13.2 Å². The van der Waals surface area contributed by atoms with E-state index in [1.54, 1.807) is 0 Å². The van der Waals surface area contributed by atoms with Crippen LogP contribution in [0.15, 0.2) is 113 Å². The molecule has 0 aliphatic rings. The van der Waals surface area contributed by atoms with Gasteiger partial charge in [-0.2, -0.15) is 5.26 Å². The molecule has 4 aromatic carbocycles. The van der Waals surface area contributed by atoms with E-state index in [1.807, 2.05) is 115 Å². The third-order valence-electron chi connectivity index (χ3n) is 5.73. The Morgan fingerprint density at radius 2 is 1.50 bits per heavy atom. The molecule has 6 heteroatoms. The molecule has 5 rings (SSSR count). The van der Waals surface area contributed by atoms with E-state index in [1.165, 1.54) is 11.3 Å². The van der Waals surface area contributed by atoms with Crippen molar-refractivity contribution in [1.82, 2.24) is 4.98 Å². The maximum Gasteiger partial charge on any atom is 0.162 e. The van der Waals surface area contributed by atoms with Crippen LogP contribution < -0.4 is 9.47 Å². The lowest BCUT2D eigenvalue weighted by Crippen LogP contribution is -2.01. The summed E-state index contributed by atoms with van der Waals surface area (Å²) >= 11 is 4.96. The molecule has 38 heavy (non-hydrogen) atoms. The van der Waals surface area contributed by atoms with Crippen molar-refractivity contribution in [1.29, 1.82) is 5.26 Å². The van der Waals surface area contributed by atoms with E-state index in [2.05, 4.69) is 22.0 Å². The van der Waals surface area contributed by atoms with Crippen LogP contribution in [-0.2, 0) is 13.2 Å². The number of nitrogens with zero attached hydrogens (tertiary/aromatic N) is 2. The molecule has 0 unspecified atom stereocenters. The van der Waals surface area contributed by atoms with Gasteiger partial charge in [-0.15, -0.1) is 11.3 Å². The summed E-state index contributed by atoms with van der Waals surface area (Å²) in [6.45, 7) is 0.835. The molecular formula is C32H23BrN2O2S. The van der Waals surface area contributed by atoms with Gasteiger partial charge in [0.05, 0.1) is 11.3 Å². The first-order chi connectivity index (χ1) is 18.7. The minimum Gasteiger partial charge on any atom is -0.485 e. The minimum absolute atomic E-state index is 0.406. The van der Waals surface area contributed by atoms with Crippen LogP contribution in [0.5, 0.6) is 11.5 Å². The Labute approximate surface area is 234 Å². The maximum absolute atomic E-state index is 9.94. The molecule has 0 aliphatic heterocycles. The predicted octanol–water partition coefficient (Wildman–Crippen LogP) is 8.79. The van der Waals surface area contributed by atoms with Crippen LogP contribution >= 0.6 is 27.3 Å². The number of benzene rings is 4. The SMILES string of the molecule is N#CC(=Cc1ccc(OCc2ccccc2)c(OCc2ccccc2)c1)c1nc(-c2cccc(Br)c2)cs1. The first kappa shape index (κ1) is 25.5. The maximum atomic E-state index is 9.94. The van der Waals surface area contributed by atoms with Crippen molar-refractivity contribution in [3.8, 4) is 28.8 Å². The number of hydrogen-bond acceptors (Lipinski definition) is 5. The summed E-state index contributed by atoms with van der Waals surface area (Å²) in [5.74, 6) is 1.26. The van der Waals surface area contributed by atoms with Crippen molar-refractivity contribution in [2.75, 3.05) is 0 Å². The van der Waals surface area contributed by atoms with Gasteiger partial charge in [0.15, 0.2) is 11.5 Å². The van der Waals surface area contributed by atoms with E-state index in [0.29, 0.717) is 35.3 Å². The van der Waals surface area contributed by atoms with E-state index < -0.39 is 0 Å². The molecule has 0 radical (unpaired) electrons. The molecule has 0 atom stereocenters. The van der Waals surface area contributed by atoms with Crippen LogP contribution in [0, 0.1) is 11.3 Å². The molecule has 0 N–H and O–H groups in total. The van der Waals surface area contributed by atoms with Gasteiger partial charge in [0.1, 0.15) is 24.3 Å². The second-order valence-corrected chi connectivity index (χ2v) is 10.2. The third-order valence-corrected chi connectivity index (χ3v) is 7.10. The molecule has 0 amide bonds.